The molecule has 63 heteroatoms. The first-order valence-electron chi connectivity index (χ1n) is 37.4. The van der Waals surface area contributed by atoms with Crippen LogP contribution >= 0.6 is 23.4 Å². The first-order chi connectivity index (χ1) is 56.9. The number of unbranched alkanes of at least 4 members (excludes halogenated alkanes) is 4. The Labute approximate surface area is 737 Å². The van der Waals surface area contributed by atoms with Crippen LogP contribution in [0.4, 0.5) is 106 Å². The van der Waals surface area contributed by atoms with Crippen LogP contribution in [-0.2, 0) is 146 Å². The molecule has 0 spiro atoms. The Balaban J connectivity index is -0.000000248. The van der Waals surface area contributed by atoms with E-state index in [4.69, 9.17) is 25.9 Å². The third kappa shape index (κ3) is 121. The van der Waals surface area contributed by atoms with Gasteiger partial charge in [-0.1, -0.05) is 50.8 Å². The molecule has 766 valence electrons. The molecule has 0 saturated carbocycles. The third-order valence-corrected chi connectivity index (χ3v) is 17.2. The van der Waals surface area contributed by atoms with Crippen LogP contribution in [0.1, 0.15) is 112 Å². The summed E-state index contributed by atoms with van der Waals surface area (Å²) in [6.45, 7) is 30.9. The molecule has 9 rings (SSSR count). The first kappa shape index (κ1) is 135. The molecule has 1 fully saturated rings. The average Bonchev–Trinajstić information content (AvgIpc) is 1.30. The predicted molar refractivity (Wildman–Crippen MR) is 437 cm³/mol. The van der Waals surface area contributed by atoms with Gasteiger partial charge in [0.25, 0.3) is 0 Å². The number of hydrogen-bond donors (Lipinski definition) is 0. The van der Waals surface area contributed by atoms with Gasteiger partial charge in [-0.2, -0.15) is 13.2 Å². The van der Waals surface area contributed by atoms with E-state index in [1.54, 1.807) is 16.3 Å². The summed E-state index contributed by atoms with van der Waals surface area (Å²) in [4.78, 5) is -0.178. The van der Waals surface area contributed by atoms with Crippen LogP contribution in [0.25, 0.3) is 4.13 Å². The van der Waals surface area contributed by atoms with E-state index in [-0.39, 0.29) is 11.2 Å². The molecule has 0 unspecified atom stereocenters. The first-order valence-corrected chi connectivity index (χ1v) is 51.8. The fourth-order valence-electron chi connectivity index (χ4n) is 8.11. The van der Waals surface area contributed by atoms with Crippen LogP contribution in [0.3, 0.4) is 0 Å². The fourth-order valence-corrected chi connectivity index (χ4v) is 10.3. The molecule has 1 aromatic carbocycles. The average molecular weight is 2090 g/mol. The number of halogens is 25. The van der Waals surface area contributed by atoms with Crippen molar-refractivity contribution in [2.75, 3.05) is 45.4 Å². The van der Waals surface area contributed by atoms with Gasteiger partial charge in [-0.05, 0) is 79.9 Å². The summed E-state index contributed by atoms with van der Waals surface area (Å²) in [6, 6.07) is 5.78. The van der Waals surface area contributed by atoms with Gasteiger partial charge in [-0.3, -0.25) is 0 Å². The van der Waals surface area contributed by atoms with E-state index >= 15 is 0 Å². The Hall–Kier alpha value is -7.16. The number of aromatic nitrogens is 14. The monoisotopic (exact) mass is 2080 g/mol. The molecular formula is C66H121BF25N16O13P3S5. The molecule has 0 N–H and O–H groups in total. The van der Waals surface area contributed by atoms with Gasteiger partial charge in [0.1, 0.15) is 96.9 Å². The van der Waals surface area contributed by atoms with Gasteiger partial charge >= 0.3 is 112 Å². The fraction of sp³-hybridized carbons (Fsp3) is 0.591. The van der Waals surface area contributed by atoms with Gasteiger partial charge in [-0.15, -0.1) is 0 Å². The minimum atomic E-state index is -10.7. The summed E-state index contributed by atoms with van der Waals surface area (Å²) in [5.74, 6) is 0. The van der Waals surface area contributed by atoms with Gasteiger partial charge in [0.2, 0.25) is 44.3 Å². The number of nitrogens with zero attached hydrogens (tertiary/aromatic N) is 16. The van der Waals surface area contributed by atoms with Crippen LogP contribution in [0.15, 0.2) is 160 Å². The van der Waals surface area contributed by atoms with Crippen molar-refractivity contribution in [3.8, 4) is 0 Å². The molecular weight excluding hydrogens is 1960 g/mol. The van der Waals surface area contributed by atoms with Gasteiger partial charge in [-0.25, -0.2) is 106 Å². The normalized spacial score (nSPS) is 13.9. The molecule has 7 aromatic heterocycles. The van der Waals surface area contributed by atoms with Crippen molar-refractivity contribution in [3.63, 3.8) is 0 Å². The summed E-state index contributed by atoms with van der Waals surface area (Å²) in [6.07, 6.45) is 55.6. The minimum absolute atomic E-state index is 0.178. The predicted octanol–water partition coefficient (Wildman–Crippen LogP) is 16.8. The standard InChI is InChI=1S/C10H19N2.C8H15N2.C7H16N.C7H8O3S.5C6H11N2.C2H3F3NO4S2.2CH4O3S.BF4.3F6P/c1-3-4-5-6-7-12-9-8-11(2)10-12;1-3-4-5-10-7-6-9(2)8-10;1-3-8(2)6-4-5-7-8;1-6-2-4-7(5-3-6)11(8,9)10;5*1-3-8-5-4-7(2)6-8;1-11(7,8)6-12(9,10)2(3,4)5;2*1-5(2,3)4;2-1(3,4)5;3*1-7(2,3,4,5)6/h8-10H,3-7H2,1-2H3;6-8H,3-5H2,1-2H3;3-7H2,1-2H3;2-5H,1H3,(H,8,9,10);5*4-6H,3H2,1-2H3;1H3;2*1H3,(H,2,3,4);;;;/q3*+1;;5*+1;-1;;;4*-1/p-3. The molecule has 8 heterocycles. The quantitative estimate of drug-likeness (QED) is 0.0156. The summed E-state index contributed by atoms with van der Waals surface area (Å²) < 4.78 is 409. The second kappa shape index (κ2) is 54.9. The van der Waals surface area contributed by atoms with Gasteiger partial charge < -0.3 is 39.5 Å². The molecule has 0 radical (unpaired) electrons. The number of rotatable bonds is 17. The molecule has 0 amide bonds. The molecule has 1 saturated heterocycles. The second-order valence-electron chi connectivity index (χ2n) is 27.5. The molecule has 0 bridgehead atoms. The summed E-state index contributed by atoms with van der Waals surface area (Å²) in [7, 11) is -44.0. The van der Waals surface area contributed by atoms with Crippen molar-refractivity contribution in [2.24, 2.45) is 49.3 Å². The number of imidazole rings is 7. The zero-order valence-corrected chi connectivity index (χ0v) is 81.3. The van der Waals surface area contributed by atoms with Gasteiger partial charge in [0.05, 0.1) is 157 Å². The number of aryl methyl sites for hydroxylation is 15. The van der Waals surface area contributed by atoms with E-state index in [9.17, 15) is 136 Å². The van der Waals surface area contributed by atoms with Gasteiger partial charge in [0.15, 0.2) is 10.0 Å². The van der Waals surface area contributed by atoms with E-state index in [1.807, 2.05) is 103 Å². The number of hydrogen-bond acceptors (Lipinski definition) is 13. The maximum atomic E-state index is 11.4. The molecule has 129 heavy (non-hydrogen) atoms. The van der Waals surface area contributed by atoms with Crippen molar-refractivity contribution in [1.82, 2.24) is 32.0 Å². The maximum absolute atomic E-state index is 11.4. The second-order valence-corrected chi connectivity index (χ2v) is 40.9. The SMILES string of the molecule is CCCCCCn1cc[n+](C)c1.CCCCn1cc[n+](C)c1.CC[N+]1(C)CCCC1.CCn1cc[n+](C)c1.CCn1cc[n+](C)c1.CCn1cc[n+](C)c1.CCn1cc[n+](C)c1.CCn1cc[n+](C)c1.CS(=O)(=O)[N-]S(=O)(=O)C(F)(F)F.CS(=O)(=O)[O-].CS(=O)(=O)[O-].Cc1ccc(S(=O)(=O)[O-])cc1.F[B-](F)(F)F.F[P-](F)(F)(F)(F)F.F[P-](F)(F)(F)(F)F.F[P-](F)(F)(F)(F)F. The van der Waals surface area contributed by atoms with Crippen LogP contribution in [-0.4, -0.2) is 150 Å². The number of quaternary nitrogens is 1. The van der Waals surface area contributed by atoms with Crippen molar-refractivity contribution in [3.05, 3.63) is 165 Å². The molecule has 0 atom stereocenters. The van der Waals surface area contributed by atoms with Crippen molar-refractivity contribution in [1.29, 1.82) is 0 Å². The Morgan fingerprint density at radius 2 is 0.589 bits per heavy atom. The molecule has 1 aliphatic rings. The molecule has 8 aromatic rings. The van der Waals surface area contributed by atoms with Crippen molar-refractivity contribution < 1.29 is 198 Å². The number of alkyl halides is 3. The summed E-state index contributed by atoms with van der Waals surface area (Å²) in [5, 5.41) is 0. The zero-order chi connectivity index (χ0) is 104. The number of sulfonamides is 2. The van der Waals surface area contributed by atoms with Crippen LogP contribution in [0.2, 0.25) is 0 Å². The van der Waals surface area contributed by atoms with Gasteiger partial charge in [0, 0.05) is 31.6 Å². The topological polar surface area (TPSA) is 316 Å². The third-order valence-electron chi connectivity index (χ3n) is 13.9. The van der Waals surface area contributed by atoms with Crippen LogP contribution < -0.4 is 32.0 Å². The van der Waals surface area contributed by atoms with E-state index in [0.29, 0.717) is 12.5 Å². The Bertz CT molecular complexity index is 4620. The van der Waals surface area contributed by atoms with Crippen molar-refractivity contribution >= 4 is 81.1 Å². The number of benzene rings is 1. The van der Waals surface area contributed by atoms with Crippen molar-refractivity contribution in [2.45, 2.75) is 170 Å². The molecule has 1 aliphatic heterocycles. The van der Waals surface area contributed by atoms with E-state index < -0.39 is 86.6 Å². The van der Waals surface area contributed by atoms with Crippen LogP contribution in [0, 0.1) is 6.92 Å². The Morgan fingerprint density at radius 3 is 0.721 bits per heavy atom. The molecule has 29 nitrogen and oxygen atoms in total. The number of likely N-dealkylation sites (tertiary alicyclic amines) is 1. The van der Waals surface area contributed by atoms with E-state index in [2.05, 4.69) is 211 Å². The molecule has 0 aliphatic carbocycles. The summed E-state index contributed by atoms with van der Waals surface area (Å²) >= 11 is 0. The van der Waals surface area contributed by atoms with E-state index in [1.165, 1.54) is 94.2 Å². The Kier molecular flexibility index (Phi) is 57.4. The van der Waals surface area contributed by atoms with E-state index in [0.717, 1.165) is 44.8 Å². The zero-order valence-electron chi connectivity index (χ0n) is 74.5. The van der Waals surface area contributed by atoms with Crippen LogP contribution in [0.5, 0.6) is 0 Å². The summed E-state index contributed by atoms with van der Waals surface area (Å²) in [5.41, 5.74) is -4.74. The Morgan fingerprint density at radius 1 is 0.388 bits per heavy atom.